The molecular weight excluding hydrogens is 138 g/mol. The number of hydrogen-bond donors (Lipinski definition) is 1. The van der Waals surface area contributed by atoms with Crippen LogP contribution in [-0.2, 0) is 4.74 Å². The third kappa shape index (κ3) is 5.22. The minimum atomic E-state index is 0.330. The lowest BCUT2D eigenvalue weighted by Gasteiger charge is -2.18. The minimum absolute atomic E-state index is 0.330. The van der Waals surface area contributed by atoms with Gasteiger partial charge in [0.05, 0.1) is 0 Å². The number of methoxy groups -OCH3 is 1. The first-order valence-electron chi connectivity index (χ1n) is 4.46. The van der Waals surface area contributed by atoms with E-state index in [1.54, 1.807) is 7.11 Å². The molecule has 0 bridgehead atoms. The Morgan fingerprint density at radius 3 is 2.45 bits per heavy atom. The van der Waals surface area contributed by atoms with E-state index >= 15 is 0 Å². The third-order valence-electron chi connectivity index (χ3n) is 2.19. The van der Waals surface area contributed by atoms with E-state index in [9.17, 15) is 0 Å². The fourth-order valence-corrected chi connectivity index (χ4v) is 1.33. The molecule has 0 heterocycles. The Balaban J connectivity index is 3.36. The highest BCUT2D eigenvalue weighted by atomic mass is 16.5. The molecule has 11 heavy (non-hydrogen) atoms. The lowest BCUT2D eigenvalue weighted by atomic mass is 9.94. The zero-order valence-electron chi connectivity index (χ0n) is 7.97. The SMILES string of the molecule is CCC(CCCOC)C(C)N. The number of ether oxygens (including phenoxy) is 1. The molecule has 0 fully saturated rings. The fraction of sp³-hybridized carbons (Fsp3) is 1.00. The van der Waals surface area contributed by atoms with Crippen LogP contribution in [-0.4, -0.2) is 19.8 Å². The maximum atomic E-state index is 5.79. The van der Waals surface area contributed by atoms with Gasteiger partial charge < -0.3 is 10.5 Å². The second kappa shape index (κ2) is 6.62. The quantitative estimate of drug-likeness (QED) is 0.600. The summed E-state index contributed by atoms with van der Waals surface area (Å²) in [6.45, 7) is 5.14. The summed E-state index contributed by atoms with van der Waals surface area (Å²) < 4.78 is 4.98. The van der Waals surface area contributed by atoms with Crippen LogP contribution in [0.25, 0.3) is 0 Å². The van der Waals surface area contributed by atoms with Crippen molar-refractivity contribution in [3.8, 4) is 0 Å². The maximum Gasteiger partial charge on any atom is 0.0462 e. The van der Waals surface area contributed by atoms with Crippen LogP contribution < -0.4 is 5.73 Å². The molecule has 0 radical (unpaired) electrons. The lowest BCUT2D eigenvalue weighted by molar-refractivity contribution is 0.184. The van der Waals surface area contributed by atoms with Crippen LogP contribution in [0.2, 0.25) is 0 Å². The Bertz CT molecular complexity index is 83.6. The van der Waals surface area contributed by atoms with Crippen molar-refractivity contribution in [2.45, 2.75) is 39.2 Å². The Morgan fingerprint density at radius 2 is 2.09 bits per heavy atom. The van der Waals surface area contributed by atoms with E-state index in [-0.39, 0.29) is 0 Å². The molecule has 0 aliphatic carbocycles. The van der Waals surface area contributed by atoms with Gasteiger partial charge in [-0.25, -0.2) is 0 Å². The van der Waals surface area contributed by atoms with Crippen LogP contribution in [0.4, 0.5) is 0 Å². The summed E-state index contributed by atoms with van der Waals surface area (Å²) in [5.74, 6) is 0.671. The van der Waals surface area contributed by atoms with Gasteiger partial charge in [0.15, 0.2) is 0 Å². The van der Waals surface area contributed by atoms with Gasteiger partial charge in [-0.1, -0.05) is 13.3 Å². The average Bonchev–Trinajstić information content (AvgIpc) is 1.97. The molecule has 2 N–H and O–H groups in total. The van der Waals surface area contributed by atoms with Gasteiger partial charge >= 0.3 is 0 Å². The molecule has 2 nitrogen and oxygen atoms in total. The summed E-state index contributed by atoms with van der Waals surface area (Å²) in [6.07, 6.45) is 3.51. The number of hydrogen-bond acceptors (Lipinski definition) is 2. The highest BCUT2D eigenvalue weighted by Crippen LogP contribution is 2.13. The van der Waals surface area contributed by atoms with Gasteiger partial charge in [0.1, 0.15) is 0 Å². The van der Waals surface area contributed by atoms with Crippen molar-refractivity contribution in [3.63, 3.8) is 0 Å². The molecule has 2 heteroatoms. The zero-order valence-corrected chi connectivity index (χ0v) is 7.97. The van der Waals surface area contributed by atoms with E-state index in [4.69, 9.17) is 10.5 Å². The molecule has 0 aliphatic rings. The predicted octanol–water partition coefficient (Wildman–Crippen LogP) is 1.79. The van der Waals surface area contributed by atoms with Crippen molar-refractivity contribution in [1.29, 1.82) is 0 Å². The largest absolute Gasteiger partial charge is 0.385 e. The maximum absolute atomic E-state index is 5.79. The molecule has 2 atom stereocenters. The van der Waals surface area contributed by atoms with E-state index in [0.717, 1.165) is 13.0 Å². The zero-order chi connectivity index (χ0) is 8.69. The molecule has 2 unspecified atom stereocenters. The Labute approximate surface area is 70.1 Å². The molecule has 0 saturated heterocycles. The molecule has 0 saturated carbocycles. The van der Waals surface area contributed by atoms with Crippen molar-refractivity contribution in [2.24, 2.45) is 11.7 Å². The average molecular weight is 159 g/mol. The molecule has 68 valence electrons. The molecule has 0 aromatic carbocycles. The Kier molecular flexibility index (Phi) is 6.57. The molecule has 0 aromatic heterocycles. The van der Waals surface area contributed by atoms with Gasteiger partial charge in [0, 0.05) is 19.8 Å². The molecule has 0 aromatic rings. The van der Waals surface area contributed by atoms with Crippen molar-refractivity contribution < 1.29 is 4.74 Å². The van der Waals surface area contributed by atoms with Crippen LogP contribution in [0, 0.1) is 5.92 Å². The van der Waals surface area contributed by atoms with Crippen LogP contribution in [0.5, 0.6) is 0 Å². The Morgan fingerprint density at radius 1 is 1.45 bits per heavy atom. The van der Waals surface area contributed by atoms with Crippen LogP contribution in [0.1, 0.15) is 33.1 Å². The van der Waals surface area contributed by atoms with E-state index < -0.39 is 0 Å². The first-order valence-corrected chi connectivity index (χ1v) is 4.46. The summed E-state index contributed by atoms with van der Waals surface area (Å²) in [7, 11) is 1.74. The van der Waals surface area contributed by atoms with Crippen molar-refractivity contribution in [3.05, 3.63) is 0 Å². The third-order valence-corrected chi connectivity index (χ3v) is 2.19. The van der Waals surface area contributed by atoms with Crippen molar-refractivity contribution in [1.82, 2.24) is 0 Å². The van der Waals surface area contributed by atoms with Gasteiger partial charge in [-0.15, -0.1) is 0 Å². The predicted molar refractivity (Wildman–Crippen MR) is 48.5 cm³/mol. The molecule has 0 aliphatic heterocycles. The normalized spacial score (nSPS) is 16.4. The number of rotatable bonds is 6. The van der Waals surface area contributed by atoms with Gasteiger partial charge in [-0.3, -0.25) is 0 Å². The molecular formula is C9H21NO. The van der Waals surface area contributed by atoms with Gasteiger partial charge in [-0.05, 0) is 25.7 Å². The van der Waals surface area contributed by atoms with Crippen molar-refractivity contribution in [2.75, 3.05) is 13.7 Å². The monoisotopic (exact) mass is 159 g/mol. The van der Waals surface area contributed by atoms with Crippen LogP contribution >= 0.6 is 0 Å². The van der Waals surface area contributed by atoms with E-state index in [1.165, 1.54) is 12.8 Å². The second-order valence-corrected chi connectivity index (χ2v) is 3.16. The van der Waals surface area contributed by atoms with E-state index in [0.29, 0.717) is 12.0 Å². The topological polar surface area (TPSA) is 35.2 Å². The van der Waals surface area contributed by atoms with Crippen LogP contribution in [0.15, 0.2) is 0 Å². The van der Waals surface area contributed by atoms with Gasteiger partial charge in [-0.2, -0.15) is 0 Å². The summed E-state index contributed by atoms with van der Waals surface area (Å²) in [5.41, 5.74) is 5.79. The molecule has 0 amide bonds. The molecule has 0 spiro atoms. The summed E-state index contributed by atoms with van der Waals surface area (Å²) in [4.78, 5) is 0. The highest BCUT2D eigenvalue weighted by molar-refractivity contribution is 4.66. The minimum Gasteiger partial charge on any atom is -0.385 e. The Hall–Kier alpha value is -0.0800. The van der Waals surface area contributed by atoms with Crippen molar-refractivity contribution >= 4 is 0 Å². The fourth-order valence-electron chi connectivity index (χ4n) is 1.33. The highest BCUT2D eigenvalue weighted by Gasteiger charge is 2.09. The standard InChI is InChI=1S/C9H21NO/c1-4-9(8(2)10)6-5-7-11-3/h8-9H,4-7,10H2,1-3H3. The lowest BCUT2D eigenvalue weighted by Crippen LogP contribution is -2.26. The van der Waals surface area contributed by atoms with Gasteiger partial charge in [0.25, 0.3) is 0 Å². The van der Waals surface area contributed by atoms with E-state index in [2.05, 4.69) is 13.8 Å². The first-order chi connectivity index (χ1) is 5.22. The summed E-state index contributed by atoms with van der Waals surface area (Å²) >= 11 is 0. The smallest absolute Gasteiger partial charge is 0.0462 e. The first kappa shape index (κ1) is 10.9. The van der Waals surface area contributed by atoms with Crippen LogP contribution in [0.3, 0.4) is 0 Å². The molecule has 0 rings (SSSR count). The number of nitrogens with two attached hydrogens (primary N) is 1. The van der Waals surface area contributed by atoms with Gasteiger partial charge in [0.2, 0.25) is 0 Å². The second-order valence-electron chi connectivity index (χ2n) is 3.16. The summed E-state index contributed by atoms with van der Waals surface area (Å²) in [6, 6.07) is 0.330. The van der Waals surface area contributed by atoms with E-state index in [1.807, 2.05) is 0 Å². The summed E-state index contributed by atoms with van der Waals surface area (Å²) in [5, 5.41) is 0.